The molecule has 1 aliphatic rings. The van der Waals surface area contributed by atoms with Crippen molar-refractivity contribution in [3.63, 3.8) is 0 Å². The van der Waals surface area contributed by atoms with Crippen molar-refractivity contribution in [2.24, 2.45) is 0 Å². The van der Waals surface area contributed by atoms with Gasteiger partial charge in [0.25, 0.3) is 0 Å². The molecule has 5 nitrogen and oxygen atoms in total. The number of hydrogen-bond donors (Lipinski definition) is 2. The zero-order valence-corrected chi connectivity index (χ0v) is 12.9. The number of carboxylic acid groups (broad SMARTS) is 1. The topological polar surface area (TPSA) is 69.6 Å². The van der Waals surface area contributed by atoms with Gasteiger partial charge in [-0.2, -0.15) is 0 Å². The molecule has 0 bridgehead atoms. The van der Waals surface area contributed by atoms with Crippen LogP contribution in [0.1, 0.15) is 6.92 Å². The van der Waals surface area contributed by atoms with E-state index in [0.29, 0.717) is 10.2 Å². The van der Waals surface area contributed by atoms with Crippen molar-refractivity contribution < 1.29 is 19.1 Å². The Morgan fingerprint density at radius 2 is 2.25 bits per heavy atom. The van der Waals surface area contributed by atoms with Crippen molar-refractivity contribution in [2.75, 3.05) is 11.1 Å². The number of thioether (sulfide) groups is 1. The zero-order chi connectivity index (χ0) is 14.9. The van der Waals surface area contributed by atoms with E-state index in [1.54, 1.807) is 6.92 Å². The molecule has 20 heavy (non-hydrogen) atoms. The SMILES string of the molecule is CC1SCC(C(=O)O)N1C(=O)Nc1cc(Br)ccc1F. The highest BCUT2D eigenvalue weighted by molar-refractivity contribution is 9.10. The summed E-state index contributed by atoms with van der Waals surface area (Å²) in [6.45, 7) is 1.74. The Balaban J connectivity index is 2.18. The first kappa shape index (κ1) is 15.1. The highest BCUT2D eigenvalue weighted by Gasteiger charge is 2.39. The minimum atomic E-state index is -1.06. The predicted octanol–water partition coefficient (Wildman–Crippen LogP) is 2.97. The van der Waals surface area contributed by atoms with Crippen molar-refractivity contribution in [1.82, 2.24) is 4.90 Å². The third kappa shape index (κ3) is 3.06. The largest absolute Gasteiger partial charge is 0.480 e. The van der Waals surface area contributed by atoms with E-state index in [1.807, 2.05) is 0 Å². The fourth-order valence-electron chi connectivity index (χ4n) is 1.91. The van der Waals surface area contributed by atoms with Crippen LogP contribution in [0.2, 0.25) is 0 Å². The standard InChI is InChI=1S/C12H12BrFN2O3S/c1-6-16(10(5-20-6)11(17)18)12(19)15-9-4-7(13)2-3-8(9)14/h2-4,6,10H,5H2,1H3,(H,15,19)(H,17,18). The molecule has 2 unspecified atom stereocenters. The molecule has 2 rings (SSSR count). The Hall–Kier alpha value is -1.28. The van der Waals surface area contributed by atoms with E-state index < -0.39 is 23.9 Å². The number of rotatable bonds is 2. The molecule has 1 heterocycles. The van der Waals surface area contributed by atoms with Crippen LogP contribution in [0.4, 0.5) is 14.9 Å². The zero-order valence-electron chi connectivity index (χ0n) is 10.5. The number of benzene rings is 1. The molecular formula is C12H12BrFN2O3S. The van der Waals surface area contributed by atoms with Crippen LogP contribution in [-0.2, 0) is 4.79 Å². The Kier molecular flexibility index (Phi) is 4.54. The number of amides is 2. The van der Waals surface area contributed by atoms with Gasteiger partial charge in [0.15, 0.2) is 0 Å². The fourth-order valence-corrected chi connectivity index (χ4v) is 3.44. The molecule has 108 valence electrons. The van der Waals surface area contributed by atoms with Gasteiger partial charge in [0.1, 0.15) is 11.9 Å². The third-order valence-corrected chi connectivity index (χ3v) is 4.62. The molecule has 0 aromatic heterocycles. The van der Waals surface area contributed by atoms with Gasteiger partial charge in [-0.3, -0.25) is 4.90 Å². The second-order valence-electron chi connectivity index (χ2n) is 4.25. The van der Waals surface area contributed by atoms with Gasteiger partial charge in [0, 0.05) is 10.2 Å². The number of carbonyl (C=O) groups excluding carboxylic acids is 1. The van der Waals surface area contributed by atoms with Gasteiger partial charge in [-0.15, -0.1) is 11.8 Å². The number of nitrogens with zero attached hydrogens (tertiary/aromatic N) is 1. The molecule has 0 radical (unpaired) electrons. The van der Waals surface area contributed by atoms with Crippen LogP contribution in [0.25, 0.3) is 0 Å². The van der Waals surface area contributed by atoms with Gasteiger partial charge >= 0.3 is 12.0 Å². The summed E-state index contributed by atoms with van der Waals surface area (Å²) in [6.07, 6.45) is 0. The molecule has 1 saturated heterocycles. The molecule has 0 aliphatic carbocycles. The minimum absolute atomic E-state index is 0.0117. The van der Waals surface area contributed by atoms with Crippen LogP contribution in [0.5, 0.6) is 0 Å². The molecule has 8 heteroatoms. The summed E-state index contributed by atoms with van der Waals surface area (Å²) < 4.78 is 14.2. The van der Waals surface area contributed by atoms with Gasteiger partial charge in [0.05, 0.1) is 11.1 Å². The Morgan fingerprint density at radius 3 is 2.90 bits per heavy atom. The minimum Gasteiger partial charge on any atom is -0.480 e. The third-order valence-electron chi connectivity index (χ3n) is 2.91. The van der Waals surface area contributed by atoms with E-state index in [0.717, 1.165) is 0 Å². The number of urea groups is 1. The average Bonchev–Trinajstić information content (AvgIpc) is 2.76. The van der Waals surface area contributed by atoms with Crippen LogP contribution < -0.4 is 5.32 Å². The van der Waals surface area contributed by atoms with Gasteiger partial charge in [-0.1, -0.05) is 15.9 Å². The summed E-state index contributed by atoms with van der Waals surface area (Å²) in [4.78, 5) is 24.5. The fraction of sp³-hybridized carbons (Fsp3) is 0.333. The average molecular weight is 363 g/mol. The lowest BCUT2D eigenvalue weighted by Crippen LogP contribution is -2.46. The van der Waals surface area contributed by atoms with Gasteiger partial charge in [-0.05, 0) is 25.1 Å². The number of hydrogen-bond acceptors (Lipinski definition) is 3. The van der Waals surface area contributed by atoms with Crippen molar-refractivity contribution in [2.45, 2.75) is 18.3 Å². The van der Waals surface area contributed by atoms with E-state index in [1.165, 1.54) is 34.9 Å². The van der Waals surface area contributed by atoms with Gasteiger partial charge in [0.2, 0.25) is 0 Å². The number of anilines is 1. The molecule has 1 fully saturated rings. The molecule has 2 amide bonds. The first-order valence-electron chi connectivity index (χ1n) is 5.79. The number of halogens is 2. The maximum Gasteiger partial charge on any atom is 0.327 e. The van der Waals surface area contributed by atoms with Crippen LogP contribution in [0.15, 0.2) is 22.7 Å². The van der Waals surface area contributed by atoms with Crippen LogP contribution >= 0.6 is 27.7 Å². The van der Waals surface area contributed by atoms with E-state index in [-0.39, 0.29) is 11.1 Å². The van der Waals surface area contributed by atoms with Crippen LogP contribution in [-0.4, -0.2) is 39.2 Å². The van der Waals surface area contributed by atoms with E-state index in [2.05, 4.69) is 21.2 Å². The Labute approximate surface area is 127 Å². The summed E-state index contributed by atoms with van der Waals surface area (Å²) in [7, 11) is 0. The lowest BCUT2D eigenvalue weighted by molar-refractivity contribution is -0.141. The summed E-state index contributed by atoms with van der Waals surface area (Å²) >= 11 is 4.56. The summed E-state index contributed by atoms with van der Waals surface area (Å²) in [5.41, 5.74) is 0.0117. The molecule has 2 atom stereocenters. The first-order valence-corrected chi connectivity index (χ1v) is 7.63. The highest BCUT2D eigenvalue weighted by atomic mass is 79.9. The number of nitrogens with one attached hydrogen (secondary N) is 1. The van der Waals surface area contributed by atoms with Crippen LogP contribution in [0.3, 0.4) is 0 Å². The molecule has 0 spiro atoms. The molecular weight excluding hydrogens is 351 g/mol. The molecule has 2 N–H and O–H groups in total. The lowest BCUT2D eigenvalue weighted by atomic mass is 10.3. The lowest BCUT2D eigenvalue weighted by Gasteiger charge is -2.25. The Morgan fingerprint density at radius 1 is 1.55 bits per heavy atom. The number of carboxylic acids is 1. The summed E-state index contributed by atoms with van der Waals surface area (Å²) in [5.74, 6) is -1.31. The van der Waals surface area contributed by atoms with Crippen molar-refractivity contribution in [1.29, 1.82) is 0 Å². The van der Waals surface area contributed by atoms with Crippen molar-refractivity contribution in [3.8, 4) is 0 Å². The summed E-state index contributed by atoms with van der Waals surface area (Å²) in [6, 6.07) is 2.64. The molecule has 1 aromatic rings. The van der Waals surface area contributed by atoms with Gasteiger partial charge < -0.3 is 10.4 Å². The molecule has 0 saturated carbocycles. The first-order chi connectivity index (χ1) is 9.40. The Bertz CT molecular complexity index is 558. The quantitative estimate of drug-likeness (QED) is 0.848. The van der Waals surface area contributed by atoms with Crippen molar-refractivity contribution >= 4 is 45.4 Å². The maximum atomic E-state index is 13.6. The monoisotopic (exact) mass is 362 g/mol. The van der Waals surface area contributed by atoms with E-state index in [9.17, 15) is 14.0 Å². The molecule has 1 aliphatic heterocycles. The molecule has 1 aromatic carbocycles. The van der Waals surface area contributed by atoms with E-state index in [4.69, 9.17) is 5.11 Å². The smallest absolute Gasteiger partial charge is 0.327 e. The number of carbonyl (C=O) groups is 2. The van der Waals surface area contributed by atoms with Crippen LogP contribution in [0, 0.1) is 5.82 Å². The predicted molar refractivity (Wildman–Crippen MR) is 78.3 cm³/mol. The van der Waals surface area contributed by atoms with Gasteiger partial charge in [-0.25, -0.2) is 14.0 Å². The highest BCUT2D eigenvalue weighted by Crippen LogP contribution is 2.30. The maximum absolute atomic E-state index is 13.6. The normalized spacial score (nSPS) is 21.9. The summed E-state index contributed by atoms with van der Waals surface area (Å²) in [5, 5.41) is 11.2. The second-order valence-corrected chi connectivity index (χ2v) is 6.51. The second kappa shape index (κ2) is 6.01. The van der Waals surface area contributed by atoms with Crippen molar-refractivity contribution in [3.05, 3.63) is 28.5 Å². The van der Waals surface area contributed by atoms with E-state index >= 15 is 0 Å². The number of aliphatic carboxylic acids is 1.